The minimum absolute atomic E-state index is 0.0812. The lowest BCUT2D eigenvalue weighted by molar-refractivity contribution is 0.0935. The van der Waals surface area contributed by atoms with Crippen molar-refractivity contribution in [3.63, 3.8) is 0 Å². The molecule has 0 saturated carbocycles. The van der Waals surface area contributed by atoms with Crippen LogP contribution in [-0.2, 0) is 6.42 Å². The molecule has 92 valence electrons. The van der Waals surface area contributed by atoms with Crippen molar-refractivity contribution in [1.82, 2.24) is 4.90 Å². The Morgan fingerprint density at radius 1 is 1.53 bits per heavy atom. The first-order valence-corrected chi connectivity index (χ1v) is 5.90. The molecular formula is C13H18N2O2. The number of rotatable bonds is 5. The largest absolute Gasteiger partial charge is 0.395 e. The molecule has 1 aliphatic heterocycles. The fourth-order valence-corrected chi connectivity index (χ4v) is 2.06. The van der Waals surface area contributed by atoms with Crippen molar-refractivity contribution in [3.8, 4) is 0 Å². The van der Waals surface area contributed by atoms with E-state index in [9.17, 15) is 4.79 Å². The maximum Gasteiger partial charge on any atom is 0.176 e. The van der Waals surface area contributed by atoms with Crippen LogP contribution in [0.1, 0.15) is 15.9 Å². The molecular weight excluding hydrogens is 216 g/mol. The van der Waals surface area contributed by atoms with E-state index in [1.54, 1.807) is 0 Å². The topological polar surface area (TPSA) is 52.6 Å². The molecule has 0 saturated heterocycles. The van der Waals surface area contributed by atoms with E-state index in [-0.39, 0.29) is 12.4 Å². The Labute approximate surface area is 101 Å². The van der Waals surface area contributed by atoms with E-state index in [2.05, 4.69) is 5.32 Å². The van der Waals surface area contributed by atoms with Crippen LogP contribution >= 0.6 is 0 Å². The SMILES string of the molecule is CN(CCO)CC(=O)c1ccc2c(c1)CCN2. The fourth-order valence-electron chi connectivity index (χ4n) is 2.06. The van der Waals surface area contributed by atoms with Gasteiger partial charge in [-0.2, -0.15) is 0 Å². The second-order valence-electron chi connectivity index (χ2n) is 4.43. The molecule has 2 N–H and O–H groups in total. The van der Waals surface area contributed by atoms with Gasteiger partial charge in [-0.05, 0) is 37.2 Å². The van der Waals surface area contributed by atoms with Crippen molar-refractivity contribution in [1.29, 1.82) is 0 Å². The molecule has 1 heterocycles. The molecule has 0 atom stereocenters. The molecule has 1 aromatic carbocycles. The predicted molar refractivity (Wildman–Crippen MR) is 67.5 cm³/mol. The summed E-state index contributed by atoms with van der Waals surface area (Å²) in [6.45, 7) is 1.92. The number of likely N-dealkylation sites (N-methyl/N-ethyl adjacent to an activating group) is 1. The van der Waals surface area contributed by atoms with Crippen molar-refractivity contribution in [2.24, 2.45) is 0 Å². The zero-order chi connectivity index (χ0) is 12.3. The Balaban J connectivity index is 2.04. The lowest BCUT2D eigenvalue weighted by Gasteiger charge is -2.14. The summed E-state index contributed by atoms with van der Waals surface area (Å²) < 4.78 is 0. The number of hydrogen-bond acceptors (Lipinski definition) is 4. The van der Waals surface area contributed by atoms with E-state index in [0.717, 1.165) is 24.2 Å². The average Bonchev–Trinajstić information content (AvgIpc) is 2.75. The number of nitrogens with one attached hydrogen (secondary N) is 1. The van der Waals surface area contributed by atoms with E-state index < -0.39 is 0 Å². The van der Waals surface area contributed by atoms with Gasteiger partial charge in [-0.15, -0.1) is 0 Å². The average molecular weight is 234 g/mol. The number of ketones is 1. The number of anilines is 1. The van der Waals surface area contributed by atoms with Crippen LogP contribution in [0.5, 0.6) is 0 Å². The number of fused-ring (bicyclic) bond motifs is 1. The van der Waals surface area contributed by atoms with Crippen LogP contribution in [0.15, 0.2) is 18.2 Å². The van der Waals surface area contributed by atoms with Crippen molar-refractivity contribution >= 4 is 11.5 Å². The van der Waals surface area contributed by atoms with E-state index in [0.29, 0.717) is 13.1 Å². The van der Waals surface area contributed by atoms with Crippen LogP contribution in [0.2, 0.25) is 0 Å². The lowest BCUT2D eigenvalue weighted by atomic mass is 10.1. The molecule has 0 fully saturated rings. The molecule has 4 heteroatoms. The smallest absolute Gasteiger partial charge is 0.176 e. The van der Waals surface area contributed by atoms with Gasteiger partial charge in [0.1, 0.15) is 0 Å². The van der Waals surface area contributed by atoms with E-state index in [1.165, 1.54) is 5.56 Å². The summed E-state index contributed by atoms with van der Waals surface area (Å²) in [5.41, 5.74) is 3.13. The first-order valence-electron chi connectivity index (χ1n) is 5.90. The Morgan fingerprint density at radius 2 is 2.35 bits per heavy atom. The van der Waals surface area contributed by atoms with Crippen molar-refractivity contribution < 1.29 is 9.90 Å². The highest BCUT2D eigenvalue weighted by molar-refractivity contribution is 5.98. The van der Waals surface area contributed by atoms with Gasteiger partial charge in [-0.1, -0.05) is 0 Å². The minimum atomic E-state index is 0.0812. The fraction of sp³-hybridized carbons (Fsp3) is 0.462. The summed E-state index contributed by atoms with van der Waals surface area (Å²) in [5, 5.41) is 12.1. The number of nitrogens with zero attached hydrogens (tertiary/aromatic N) is 1. The van der Waals surface area contributed by atoms with Gasteiger partial charge in [0, 0.05) is 24.3 Å². The third kappa shape index (κ3) is 2.84. The Morgan fingerprint density at radius 3 is 3.12 bits per heavy atom. The zero-order valence-electron chi connectivity index (χ0n) is 10.1. The molecule has 1 aliphatic rings. The van der Waals surface area contributed by atoms with Crippen molar-refractivity contribution in [2.75, 3.05) is 38.6 Å². The number of carbonyl (C=O) groups is 1. The quantitative estimate of drug-likeness (QED) is 0.739. The summed E-state index contributed by atoms with van der Waals surface area (Å²) in [4.78, 5) is 13.8. The zero-order valence-corrected chi connectivity index (χ0v) is 10.1. The maximum absolute atomic E-state index is 12.0. The third-order valence-electron chi connectivity index (χ3n) is 3.03. The van der Waals surface area contributed by atoms with E-state index >= 15 is 0 Å². The highest BCUT2D eigenvalue weighted by Crippen LogP contribution is 2.23. The first-order chi connectivity index (χ1) is 8.20. The summed E-state index contributed by atoms with van der Waals surface area (Å²) >= 11 is 0. The van der Waals surface area contributed by atoms with Gasteiger partial charge in [0.15, 0.2) is 5.78 Å². The standard InChI is InChI=1S/C13H18N2O2/c1-15(6-7-16)9-13(17)11-2-3-12-10(8-11)4-5-14-12/h2-3,8,14,16H,4-7,9H2,1H3. The van der Waals surface area contributed by atoms with Crippen LogP contribution < -0.4 is 5.32 Å². The Bertz CT molecular complexity index is 418. The number of benzene rings is 1. The van der Waals surface area contributed by atoms with E-state index in [4.69, 9.17) is 5.11 Å². The highest BCUT2D eigenvalue weighted by Gasteiger charge is 2.14. The van der Waals surface area contributed by atoms with Crippen LogP contribution in [0, 0.1) is 0 Å². The predicted octanol–water partition coefficient (Wildman–Crippen LogP) is 0.761. The molecule has 17 heavy (non-hydrogen) atoms. The highest BCUT2D eigenvalue weighted by atomic mass is 16.3. The molecule has 0 unspecified atom stereocenters. The molecule has 0 spiro atoms. The maximum atomic E-state index is 12.0. The summed E-state index contributed by atoms with van der Waals surface area (Å²) in [6.07, 6.45) is 0.989. The summed E-state index contributed by atoms with van der Waals surface area (Å²) in [6, 6.07) is 5.82. The molecule has 0 aromatic heterocycles. The van der Waals surface area contributed by atoms with Crippen LogP contribution in [0.3, 0.4) is 0 Å². The van der Waals surface area contributed by atoms with E-state index in [1.807, 2.05) is 30.1 Å². The van der Waals surface area contributed by atoms with Crippen LogP contribution in [-0.4, -0.2) is 49.1 Å². The van der Waals surface area contributed by atoms with Gasteiger partial charge in [0.2, 0.25) is 0 Å². The van der Waals surface area contributed by atoms with Gasteiger partial charge >= 0.3 is 0 Å². The molecule has 0 radical (unpaired) electrons. The normalized spacial score (nSPS) is 13.6. The molecule has 1 aromatic rings. The minimum Gasteiger partial charge on any atom is -0.395 e. The molecule has 4 nitrogen and oxygen atoms in total. The summed E-state index contributed by atoms with van der Waals surface area (Å²) in [7, 11) is 1.84. The van der Waals surface area contributed by atoms with Gasteiger partial charge in [0.25, 0.3) is 0 Å². The van der Waals surface area contributed by atoms with Crippen molar-refractivity contribution in [2.45, 2.75) is 6.42 Å². The number of hydrogen-bond donors (Lipinski definition) is 2. The van der Waals surface area contributed by atoms with Crippen molar-refractivity contribution in [3.05, 3.63) is 29.3 Å². The molecule has 0 amide bonds. The number of aliphatic hydroxyl groups excluding tert-OH is 1. The van der Waals surface area contributed by atoms with Gasteiger partial charge < -0.3 is 10.4 Å². The van der Waals surface area contributed by atoms with Gasteiger partial charge in [-0.3, -0.25) is 9.69 Å². The lowest BCUT2D eigenvalue weighted by Crippen LogP contribution is -2.28. The number of carbonyl (C=O) groups excluding carboxylic acids is 1. The number of aliphatic hydroxyl groups is 1. The number of Topliss-reactive ketones (excluding diaryl/α,β-unsaturated/α-hetero) is 1. The third-order valence-corrected chi connectivity index (χ3v) is 3.03. The van der Waals surface area contributed by atoms with Gasteiger partial charge in [0.05, 0.1) is 13.2 Å². The monoisotopic (exact) mass is 234 g/mol. The molecule has 0 bridgehead atoms. The second-order valence-corrected chi connectivity index (χ2v) is 4.43. The Kier molecular flexibility index (Phi) is 3.76. The van der Waals surface area contributed by atoms with Crippen LogP contribution in [0.25, 0.3) is 0 Å². The Hall–Kier alpha value is -1.39. The van der Waals surface area contributed by atoms with Gasteiger partial charge in [-0.25, -0.2) is 0 Å². The molecule has 2 rings (SSSR count). The van der Waals surface area contributed by atoms with Crippen LogP contribution in [0.4, 0.5) is 5.69 Å². The summed E-state index contributed by atoms with van der Waals surface area (Å²) in [5.74, 6) is 0.107. The first kappa shape index (κ1) is 12.1. The molecule has 0 aliphatic carbocycles. The second kappa shape index (κ2) is 5.29.